The highest BCUT2D eigenvalue weighted by Crippen LogP contribution is 2.20. The highest BCUT2D eigenvalue weighted by Gasteiger charge is 2.30. The second-order valence-corrected chi connectivity index (χ2v) is 7.24. The Labute approximate surface area is 161 Å². The van der Waals surface area contributed by atoms with E-state index in [0.29, 0.717) is 5.56 Å². The van der Waals surface area contributed by atoms with Crippen molar-refractivity contribution in [2.45, 2.75) is 18.8 Å². The molecule has 144 valence electrons. The largest absolute Gasteiger partial charge is 0.369 e. The van der Waals surface area contributed by atoms with Crippen LogP contribution in [0.5, 0.6) is 0 Å². The van der Waals surface area contributed by atoms with E-state index < -0.39 is 12.0 Å². The predicted octanol–water partition coefficient (Wildman–Crippen LogP) is 3.31. The van der Waals surface area contributed by atoms with Gasteiger partial charge in [0, 0.05) is 43.9 Å². The van der Waals surface area contributed by atoms with Crippen LogP contribution in [0, 0.1) is 0 Å². The van der Waals surface area contributed by atoms with Gasteiger partial charge in [0.25, 0.3) is 0 Å². The zero-order valence-corrected chi connectivity index (χ0v) is 16.1. The SMILES string of the molecule is CN(C)C(CC(F)C(=O)c1ccccc1)N1CCN(c2ccccc2)CC1. The average Bonchev–Trinajstić information content (AvgIpc) is 2.72. The van der Waals surface area contributed by atoms with E-state index in [9.17, 15) is 9.18 Å². The predicted molar refractivity (Wildman–Crippen MR) is 108 cm³/mol. The number of hydrogen-bond acceptors (Lipinski definition) is 4. The molecule has 5 heteroatoms. The Morgan fingerprint density at radius 2 is 1.52 bits per heavy atom. The Morgan fingerprint density at radius 3 is 2.07 bits per heavy atom. The Hall–Kier alpha value is -2.24. The fraction of sp³-hybridized carbons (Fsp3) is 0.409. The number of hydrogen-bond donors (Lipinski definition) is 0. The lowest BCUT2D eigenvalue weighted by Crippen LogP contribution is -2.55. The van der Waals surface area contributed by atoms with Gasteiger partial charge in [-0.05, 0) is 26.2 Å². The van der Waals surface area contributed by atoms with Crippen LogP contribution in [0.1, 0.15) is 16.8 Å². The van der Waals surface area contributed by atoms with Gasteiger partial charge in [0.05, 0.1) is 6.17 Å². The van der Waals surface area contributed by atoms with E-state index in [2.05, 4.69) is 21.9 Å². The number of rotatable bonds is 7. The van der Waals surface area contributed by atoms with Gasteiger partial charge >= 0.3 is 0 Å². The lowest BCUT2D eigenvalue weighted by Gasteiger charge is -2.42. The van der Waals surface area contributed by atoms with Gasteiger partial charge in [-0.1, -0.05) is 48.5 Å². The molecule has 1 saturated heterocycles. The maximum absolute atomic E-state index is 14.8. The Morgan fingerprint density at radius 1 is 0.963 bits per heavy atom. The topological polar surface area (TPSA) is 26.8 Å². The molecule has 0 saturated carbocycles. The summed E-state index contributed by atoms with van der Waals surface area (Å²) in [6.45, 7) is 3.50. The van der Waals surface area contributed by atoms with Gasteiger partial charge < -0.3 is 4.90 Å². The summed E-state index contributed by atoms with van der Waals surface area (Å²) >= 11 is 0. The number of anilines is 1. The summed E-state index contributed by atoms with van der Waals surface area (Å²) in [6, 6.07) is 19.1. The Balaban J connectivity index is 1.60. The molecule has 0 radical (unpaired) electrons. The minimum absolute atomic E-state index is 0.0921. The molecule has 0 aliphatic carbocycles. The number of benzene rings is 2. The number of halogens is 1. The monoisotopic (exact) mass is 369 g/mol. The molecular formula is C22H28FN3O. The molecule has 0 bridgehead atoms. The number of carbonyl (C=O) groups excluding carboxylic acids is 1. The van der Waals surface area contributed by atoms with Gasteiger partial charge in [-0.2, -0.15) is 0 Å². The molecule has 4 nitrogen and oxygen atoms in total. The quantitative estimate of drug-likeness (QED) is 0.700. The van der Waals surface area contributed by atoms with Crippen molar-refractivity contribution in [2.24, 2.45) is 0 Å². The Kier molecular flexibility index (Phi) is 6.58. The van der Waals surface area contributed by atoms with Crippen molar-refractivity contribution < 1.29 is 9.18 Å². The highest BCUT2D eigenvalue weighted by molar-refractivity contribution is 5.99. The number of carbonyl (C=O) groups is 1. The van der Waals surface area contributed by atoms with Crippen LogP contribution >= 0.6 is 0 Å². The van der Waals surface area contributed by atoms with E-state index in [0.717, 1.165) is 26.2 Å². The molecule has 2 aromatic rings. The third kappa shape index (κ3) is 4.93. The summed E-state index contributed by atoms with van der Waals surface area (Å²) in [4.78, 5) is 19.1. The molecule has 2 aromatic carbocycles. The van der Waals surface area contributed by atoms with E-state index in [4.69, 9.17) is 0 Å². The summed E-state index contributed by atoms with van der Waals surface area (Å²) < 4.78 is 14.8. The molecule has 0 N–H and O–H groups in total. The fourth-order valence-electron chi connectivity index (χ4n) is 3.68. The first-order valence-corrected chi connectivity index (χ1v) is 9.50. The molecule has 2 atom stereocenters. The summed E-state index contributed by atoms with van der Waals surface area (Å²) in [6.07, 6.45) is -1.40. The number of nitrogens with zero attached hydrogens (tertiary/aromatic N) is 3. The minimum Gasteiger partial charge on any atom is -0.369 e. The van der Waals surface area contributed by atoms with E-state index in [1.165, 1.54) is 5.69 Å². The summed E-state index contributed by atoms with van der Waals surface area (Å²) in [5, 5.41) is 0. The summed E-state index contributed by atoms with van der Waals surface area (Å²) in [5.41, 5.74) is 1.66. The van der Waals surface area contributed by atoms with Crippen LogP contribution in [0.25, 0.3) is 0 Å². The van der Waals surface area contributed by atoms with Gasteiger partial charge in [0.15, 0.2) is 12.0 Å². The van der Waals surface area contributed by atoms with Gasteiger partial charge in [0.1, 0.15) is 0 Å². The van der Waals surface area contributed by atoms with Crippen molar-refractivity contribution in [3.05, 3.63) is 66.2 Å². The molecule has 0 amide bonds. The standard InChI is InChI=1S/C22H28FN3O/c1-24(2)21(17-20(23)22(27)18-9-5-3-6-10-18)26-15-13-25(14-16-26)19-11-7-4-8-12-19/h3-12,20-21H,13-17H2,1-2H3. The van der Waals surface area contributed by atoms with Crippen molar-refractivity contribution in [2.75, 3.05) is 45.2 Å². The van der Waals surface area contributed by atoms with Crippen LogP contribution in [0.15, 0.2) is 60.7 Å². The number of Topliss-reactive ketones (excluding diaryl/α,β-unsaturated/α-hetero) is 1. The smallest absolute Gasteiger partial charge is 0.197 e. The van der Waals surface area contributed by atoms with Gasteiger partial charge in [0.2, 0.25) is 0 Å². The first-order valence-electron chi connectivity index (χ1n) is 9.50. The Bertz CT molecular complexity index is 715. The van der Waals surface area contributed by atoms with Crippen molar-refractivity contribution in [1.29, 1.82) is 0 Å². The number of piperazine rings is 1. The van der Waals surface area contributed by atoms with E-state index in [1.54, 1.807) is 24.3 Å². The molecule has 1 fully saturated rings. The molecule has 0 spiro atoms. The van der Waals surface area contributed by atoms with Crippen LogP contribution in [0.4, 0.5) is 10.1 Å². The lowest BCUT2D eigenvalue weighted by molar-refractivity contribution is 0.0430. The van der Waals surface area contributed by atoms with Crippen LogP contribution in [0.2, 0.25) is 0 Å². The highest BCUT2D eigenvalue weighted by atomic mass is 19.1. The molecule has 2 unspecified atom stereocenters. The molecule has 0 aromatic heterocycles. The van der Waals surface area contributed by atoms with E-state index in [-0.39, 0.29) is 12.6 Å². The third-order valence-electron chi connectivity index (χ3n) is 5.21. The zero-order valence-electron chi connectivity index (χ0n) is 16.1. The van der Waals surface area contributed by atoms with E-state index >= 15 is 0 Å². The number of para-hydroxylation sites is 1. The van der Waals surface area contributed by atoms with Crippen LogP contribution in [0.3, 0.4) is 0 Å². The fourth-order valence-corrected chi connectivity index (χ4v) is 3.68. The summed E-state index contributed by atoms with van der Waals surface area (Å²) in [5.74, 6) is -0.426. The molecule has 3 rings (SSSR count). The average molecular weight is 369 g/mol. The van der Waals surface area contributed by atoms with E-state index in [1.807, 2.05) is 43.3 Å². The molecule has 1 aliphatic heterocycles. The minimum atomic E-state index is -1.49. The van der Waals surface area contributed by atoms with Crippen LogP contribution in [-0.4, -0.2) is 68.2 Å². The van der Waals surface area contributed by atoms with Crippen LogP contribution < -0.4 is 4.90 Å². The van der Waals surface area contributed by atoms with Gasteiger partial charge in [-0.3, -0.25) is 14.6 Å². The number of alkyl halides is 1. The second-order valence-electron chi connectivity index (χ2n) is 7.24. The molecular weight excluding hydrogens is 341 g/mol. The second kappa shape index (κ2) is 9.11. The van der Waals surface area contributed by atoms with Crippen molar-refractivity contribution in [3.63, 3.8) is 0 Å². The number of ketones is 1. The normalized spacial score (nSPS) is 17.7. The van der Waals surface area contributed by atoms with Gasteiger partial charge in [-0.25, -0.2) is 4.39 Å². The van der Waals surface area contributed by atoms with Crippen molar-refractivity contribution in [3.8, 4) is 0 Å². The van der Waals surface area contributed by atoms with Gasteiger partial charge in [-0.15, -0.1) is 0 Å². The maximum atomic E-state index is 14.8. The molecule has 1 heterocycles. The van der Waals surface area contributed by atoms with Crippen molar-refractivity contribution in [1.82, 2.24) is 9.80 Å². The van der Waals surface area contributed by atoms with Crippen molar-refractivity contribution >= 4 is 11.5 Å². The maximum Gasteiger partial charge on any atom is 0.197 e. The first-order chi connectivity index (χ1) is 13.1. The molecule has 1 aliphatic rings. The lowest BCUT2D eigenvalue weighted by atomic mass is 10.0. The molecule has 27 heavy (non-hydrogen) atoms. The zero-order chi connectivity index (χ0) is 19.2. The van der Waals surface area contributed by atoms with Crippen LogP contribution in [-0.2, 0) is 0 Å². The summed E-state index contributed by atoms with van der Waals surface area (Å²) in [7, 11) is 3.90. The first kappa shape index (κ1) is 19.5. The third-order valence-corrected chi connectivity index (χ3v) is 5.21.